The van der Waals surface area contributed by atoms with Crippen LogP contribution in [0.1, 0.15) is 21.5 Å². The van der Waals surface area contributed by atoms with E-state index in [-0.39, 0.29) is 11.8 Å². The van der Waals surface area contributed by atoms with Crippen molar-refractivity contribution in [2.45, 2.75) is 12.7 Å². The summed E-state index contributed by atoms with van der Waals surface area (Å²) in [5.74, 6) is 0.809. The fourth-order valence-corrected chi connectivity index (χ4v) is 3.14. The summed E-state index contributed by atoms with van der Waals surface area (Å²) in [6.45, 7) is 2.05. The van der Waals surface area contributed by atoms with Crippen LogP contribution in [0, 0.1) is 6.92 Å². The number of nitrogens with one attached hydrogen (secondary N) is 1. The van der Waals surface area contributed by atoms with Gasteiger partial charge in [-0.25, -0.2) is 0 Å². The van der Waals surface area contributed by atoms with E-state index in [0.29, 0.717) is 22.0 Å². The Kier molecular flexibility index (Phi) is 6.91. The first kappa shape index (κ1) is 19.3. The van der Waals surface area contributed by atoms with Crippen LogP contribution in [0.4, 0.5) is 5.69 Å². The molecule has 0 saturated carbocycles. The average molecular weight is 377 g/mol. The number of amides is 2. The van der Waals surface area contributed by atoms with Crippen LogP contribution in [0.2, 0.25) is 5.02 Å². The molecule has 2 aromatic rings. The summed E-state index contributed by atoms with van der Waals surface area (Å²) in [7, 11) is 3.32. The highest BCUT2D eigenvalue weighted by molar-refractivity contribution is 7.99. The Morgan fingerprint density at radius 3 is 2.44 bits per heavy atom. The Morgan fingerprint density at radius 1 is 1.12 bits per heavy atom. The first-order valence-corrected chi connectivity index (χ1v) is 9.34. The van der Waals surface area contributed by atoms with Crippen LogP contribution in [0.5, 0.6) is 0 Å². The van der Waals surface area contributed by atoms with Crippen molar-refractivity contribution in [3.63, 3.8) is 0 Å². The SMILES string of the molecule is Cc1ccc(CSCC(=O)Nc2ccc(Cl)c(C(=O)N(C)C)c2)cc1. The summed E-state index contributed by atoms with van der Waals surface area (Å²) >= 11 is 7.61. The Bertz CT molecular complexity index is 761. The van der Waals surface area contributed by atoms with Gasteiger partial charge in [0.05, 0.1) is 16.3 Å². The second-order valence-electron chi connectivity index (χ2n) is 5.92. The number of carbonyl (C=O) groups excluding carboxylic acids is 2. The predicted molar refractivity (Wildman–Crippen MR) is 105 cm³/mol. The maximum absolute atomic E-state index is 12.1. The van der Waals surface area contributed by atoms with Gasteiger partial charge in [0.25, 0.3) is 5.91 Å². The first-order valence-electron chi connectivity index (χ1n) is 7.81. The molecule has 0 bridgehead atoms. The molecule has 2 aromatic carbocycles. The van der Waals surface area contributed by atoms with E-state index in [1.165, 1.54) is 16.0 Å². The van der Waals surface area contributed by atoms with Gasteiger partial charge < -0.3 is 10.2 Å². The molecule has 0 unspecified atom stereocenters. The van der Waals surface area contributed by atoms with Crippen LogP contribution >= 0.6 is 23.4 Å². The number of hydrogen-bond donors (Lipinski definition) is 1. The second-order valence-corrected chi connectivity index (χ2v) is 7.31. The molecule has 2 amide bonds. The number of halogens is 1. The van der Waals surface area contributed by atoms with Crippen LogP contribution in [-0.4, -0.2) is 36.6 Å². The normalized spacial score (nSPS) is 10.4. The number of carbonyl (C=O) groups is 2. The van der Waals surface area contributed by atoms with Crippen molar-refractivity contribution < 1.29 is 9.59 Å². The van der Waals surface area contributed by atoms with Crippen molar-refractivity contribution in [1.29, 1.82) is 0 Å². The van der Waals surface area contributed by atoms with E-state index >= 15 is 0 Å². The van der Waals surface area contributed by atoms with E-state index in [1.54, 1.807) is 44.1 Å². The molecular formula is C19H21ClN2O2S. The van der Waals surface area contributed by atoms with Gasteiger partial charge in [-0.05, 0) is 30.7 Å². The topological polar surface area (TPSA) is 49.4 Å². The minimum absolute atomic E-state index is 0.109. The van der Waals surface area contributed by atoms with Gasteiger partial charge in [-0.3, -0.25) is 9.59 Å². The summed E-state index contributed by atoms with van der Waals surface area (Å²) in [5, 5.41) is 3.18. The zero-order valence-corrected chi connectivity index (χ0v) is 16.1. The molecule has 4 nitrogen and oxygen atoms in total. The molecule has 0 spiro atoms. The average Bonchev–Trinajstić information content (AvgIpc) is 2.57. The van der Waals surface area contributed by atoms with E-state index in [1.807, 2.05) is 6.92 Å². The van der Waals surface area contributed by atoms with E-state index in [0.717, 1.165) is 5.75 Å². The number of nitrogens with zero attached hydrogens (tertiary/aromatic N) is 1. The van der Waals surface area contributed by atoms with Gasteiger partial charge >= 0.3 is 0 Å². The molecule has 0 atom stereocenters. The molecule has 25 heavy (non-hydrogen) atoms. The zero-order chi connectivity index (χ0) is 18.4. The van der Waals surface area contributed by atoms with Crippen molar-refractivity contribution in [3.8, 4) is 0 Å². The number of thioether (sulfide) groups is 1. The number of benzene rings is 2. The molecular weight excluding hydrogens is 356 g/mol. The van der Waals surface area contributed by atoms with Crippen LogP contribution in [-0.2, 0) is 10.5 Å². The highest BCUT2D eigenvalue weighted by atomic mass is 35.5. The molecule has 0 aliphatic rings. The molecule has 1 N–H and O–H groups in total. The zero-order valence-electron chi connectivity index (χ0n) is 14.5. The number of rotatable bonds is 6. The standard InChI is InChI=1S/C19H21ClN2O2S/c1-13-4-6-14(7-5-13)11-25-12-18(23)21-15-8-9-17(20)16(10-15)19(24)22(2)3/h4-10H,11-12H2,1-3H3,(H,21,23). The van der Waals surface area contributed by atoms with E-state index in [9.17, 15) is 9.59 Å². The summed E-state index contributed by atoms with van der Waals surface area (Å²) in [6.07, 6.45) is 0. The minimum atomic E-state index is -0.199. The fourth-order valence-electron chi connectivity index (χ4n) is 2.15. The van der Waals surface area contributed by atoms with Crippen molar-refractivity contribution >= 4 is 40.9 Å². The number of aryl methyl sites for hydroxylation is 1. The minimum Gasteiger partial charge on any atom is -0.345 e. The van der Waals surface area contributed by atoms with Crippen molar-refractivity contribution in [3.05, 3.63) is 64.2 Å². The third-order valence-electron chi connectivity index (χ3n) is 3.51. The lowest BCUT2D eigenvalue weighted by molar-refractivity contribution is -0.113. The van der Waals surface area contributed by atoms with Crippen molar-refractivity contribution in [1.82, 2.24) is 4.90 Å². The molecule has 6 heteroatoms. The Morgan fingerprint density at radius 2 is 1.80 bits per heavy atom. The molecule has 0 aliphatic carbocycles. The third-order valence-corrected chi connectivity index (χ3v) is 4.84. The quantitative estimate of drug-likeness (QED) is 0.821. The smallest absolute Gasteiger partial charge is 0.254 e. The first-order chi connectivity index (χ1) is 11.9. The Balaban J connectivity index is 1.90. The van der Waals surface area contributed by atoms with Gasteiger partial charge in [-0.2, -0.15) is 0 Å². The molecule has 0 heterocycles. The highest BCUT2D eigenvalue weighted by Gasteiger charge is 2.14. The molecule has 0 aromatic heterocycles. The van der Waals surface area contributed by atoms with Gasteiger partial charge in [-0.1, -0.05) is 41.4 Å². The van der Waals surface area contributed by atoms with Crippen molar-refractivity contribution in [2.75, 3.05) is 25.2 Å². The molecule has 0 aliphatic heterocycles. The maximum atomic E-state index is 12.1. The molecule has 0 fully saturated rings. The van der Waals surface area contributed by atoms with Gasteiger partial charge in [0, 0.05) is 25.5 Å². The van der Waals surface area contributed by atoms with E-state index in [2.05, 4.69) is 29.6 Å². The second kappa shape index (κ2) is 8.92. The van der Waals surface area contributed by atoms with Crippen LogP contribution in [0.3, 0.4) is 0 Å². The lowest BCUT2D eigenvalue weighted by Crippen LogP contribution is -2.22. The molecule has 132 valence electrons. The third kappa shape index (κ3) is 5.80. The molecule has 2 rings (SSSR count). The van der Waals surface area contributed by atoms with Gasteiger partial charge in [0.2, 0.25) is 5.91 Å². The predicted octanol–water partition coefficient (Wildman–Crippen LogP) is 4.22. The summed E-state index contributed by atoms with van der Waals surface area (Å²) in [5.41, 5.74) is 3.35. The van der Waals surface area contributed by atoms with Crippen LogP contribution in [0.15, 0.2) is 42.5 Å². The van der Waals surface area contributed by atoms with E-state index < -0.39 is 0 Å². The summed E-state index contributed by atoms with van der Waals surface area (Å²) in [6, 6.07) is 13.2. The maximum Gasteiger partial charge on any atom is 0.254 e. The highest BCUT2D eigenvalue weighted by Crippen LogP contribution is 2.22. The van der Waals surface area contributed by atoms with Gasteiger partial charge in [0.15, 0.2) is 0 Å². The molecule has 0 radical (unpaired) electrons. The van der Waals surface area contributed by atoms with Crippen molar-refractivity contribution in [2.24, 2.45) is 0 Å². The summed E-state index contributed by atoms with van der Waals surface area (Å²) < 4.78 is 0. The number of hydrogen-bond acceptors (Lipinski definition) is 3. The Hall–Kier alpha value is -1.98. The van der Waals surface area contributed by atoms with Gasteiger partial charge in [0.1, 0.15) is 0 Å². The molecule has 0 saturated heterocycles. The van der Waals surface area contributed by atoms with Crippen LogP contribution in [0.25, 0.3) is 0 Å². The largest absolute Gasteiger partial charge is 0.345 e. The lowest BCUT2D eigenvalue weighted by atomic mass is 10.1. The summed E-state index contributed by atoms with van der Waals surface area (Å²) in [4.78, 5) is 25.6. The monoisotopic (exact) mass is 376 g/mol. The Labute approximate surface area is 157 Å². The van der Waals surface area contributed by atoms with E-state index in [4.69, 9.17) is 11.6 Å². The number of anilines is 1. The lowest BCUT2D eigenvalue weighted by Gasteiger charge is -2.13. The fraction of sp³-hybridized carbons (Fsp3) is 0.263. The van der Waals surface area contributed by atoms with Gasteiger partial charge in [-0.15, -0.1) is 11.8 Å². The van der Waals surface area contributed by atoms with Crippen LogP contribution < -0.4 is 5.32 Å².